The van der Waals surface area contributed by atoms with E-state index in [0.29, 0.717) is 5.92 Å². The van der Waals surface area contributed by atoms with E-state index < -0.39 is 0 Å². The molecule has 2 nitrogen and oxygen atoms in total. The van der Waals surface area contributed by atoms with Gasteiger partial charge < -0.3 is 0 Å². The molecule has 1 atom stereocenters. The highest BCUT2D eigenvalue weighted by molar-refractivity contribution is 7.10. The van der Waals surface area contributed by atoms with Gasteiger partial charge in [-0.05, 0) is 48.9 Å². The van der Waals surface area contributed by atoms with Crippen LogP contribution in [0.4, 0.5) is 0 Å². The predicted octanol–water partition coefficient (Wildman–Crippen LogP) is 4.27. The Morgan fingerprint density at radius 2 is 1.90 bits per heavy atom. The number of piperidine rings is 1. The van der Waals surface area contributed by atoms with Crippen molar-refractivity contribution in [3.63, 3.8) is 0 Å². The van der Waals surface area contributed by atoms with Crippen LogP contribution in [0.3, 0.4) is 0 Å². The first-order chi connectivity index (χ1) is 10.4. The Balaban J connectivity index is 1.56. The van der Waals surface area contributed by atoms with Crippen LogP contribution < -0.4 is 0 Å². The standard InChI is InChI=1S/C18H20N2S/c19-13-17(18-7-4-12-21-18)16-8-10-20(11-9-16)14-15-5-2-1-3-6-15/h1-7,12,16-17H,8-11,14H2. The van der Waals surface area contributed by atoms with Crippen molar-refractivity contribution < 1.29 is 0 Å². The minimum absolute atomic E-state index is 0.0869. The number of nitrogens with zero attached hydrogens (tertiary/aromatic N) is 2. The SMILES string of the molecule is N#CC(c1cccs1)C1CCN(Cc2ccccc2)CC1. The summed E-state index contributed by atoms with van der Waals surface area (Å²) in [4.78, 5) is 3.74. The predicted molar refractivity (Wildman–Crippen MR) is 87.1 cm³/mol. The molecule has 3 heteroatoms. The molecule has 0 amide bonds. The largest absolute Gasteiger partial charge is 0.299 e. The van der Waals surface area contributed by atoms with Crippen molar-refractivity contribution in [2.75, 3.05) is 13.1 Å². The highest BCUT2D eigenvalue weighted by Gasteiger charge is 2.28. The fourth-order valence-corrected chi connectivity index (χ4v) is 4.02. The first-order valence-corrected chi connectivity index (χ1v) is 8.44. The van der Waals surface area contributed by atoms with Crippen molar-refractivity contribution >= 4 is 11.3 Å². The van der Waals surface area contributed by atoms with Crippen LogP contribution in [0, 0.1) is 17.2 Å². The summed E-state index contributed by atoms with van der Waals surface area (Å²) in [5, 5.41) is 11.6. The van der Waals surface area contributed by atoms with Crippen LogP contribution in [0.2, 0.25) is 0 Å². The average molecular weight is 296 g/mol. The summed E-state index contributed by atoms with van der Waals surface area (Å²) in [6.07, 6.45) is 2.26. The zero-order valence-corrected chi connectivity index (χ0v) is 12.9. The Bertz CT molecular complexity index is 577. The highest BCUT2D eigenvalue weighted by atomic mass is 32.1. The number of hydrogen-bond donors (Lipinski definition) is 0. The van der Waals surface area contributed by atoms with Gasteiger partial charge in [0.1, 0.15) is 0 Å². The molecule has 1 aliphatic rings. The Kier molecular flexibility index (Phi) is 4.69. The topological polar surface area (TPSA) is 27.0 Å². The normalized spacial score (nSPS) is 18.2. The third-order valence-corrected chi connectivity index (χ3v) is 5.30. The molecule has 1 aromatic carbocycles. The molecule has 0 saturated carbocycles. The molecule has 0 spiro atoms. The van der Waals surface area contributed by atoms with E-state index in [0.717, 1.165) is 32.5 Å². The number of benzene rings is 1. The second-order valence-corrected chi connectivity index (χ2v) is 6.70. The Morgan fingerprint density at radius 3 is 2.52 bits per heavy atom. The molecule has 1 fully saturated rings. The quantitative estimate of drug-likeness (QED) is 0.842. The summed E-state index contributed by atoms with van der Waals surface area (Å²) in [7, 11) is 0. The first kappa shape index (κ1) is 14.3. The van der Waals surface area contributed by atoms with Crippen LogP contribution in [-0.4, -0.2) is 18.0 Å². The van der Waals surface area contributed by atoms with E-state index in [9.17, 15) is 5.26 Å². The Labute approximate surface area is 130 Å². The van der Waals surface area contributed by atoms with Crippen molar-refractivity contribution in [3.05, 3.63) is 58.3 Å². The molecule has 3 rings (SSSR count). The summed E-state index contributed by atoms with van der Waals surface area (Å²) in [5.74, 6) is 0.601. The molecule has 2 aromatic rings. The van der Waals surface area contributed by atoms with E-state index in [2.05, 4.69) is 58.8 Å². The van der Waals surface area contributed by atoms with Crippen LogP contribution in [0.15, 0.2) is 47.8 Å². The number of nitriles is 1. The summed E-state index contributed by atoms with van der Waals surface area (Å²) >= 11 is 1.72. The minimum Gasteiger partial charge on any atom is -0.299 e. The van der Waals surface area contributed by atoms with Crippen LogP contribution in [0.5, 0.6) is 0 Å². The highest BCUT2D eigenvalue weighted by Crippen LogP contribution is 2.34. The molecule has 0 aliphatic carbocycles. The summed E-state index contributed by atoms with van der Waals surface area (Å²) < 4.78 is 0. The molecule has 1 aliphatic heterocycles. The van der Waals surface area contributed by atoms with E-state index in [-0.39, 0.29) is 5.92 Å². The molecule has 21 heavy (non-hydrogen) atoms. The lowest BCUT2D eigenvalue weighted by Crippen LogP contribution is -2.34. The van der Waals surface area contributed by atoms with Gasteiger partial charge in [-0.2, -0.15) is 5.26 Å². The molecule has 0 N–H and O–H groups in total. The van der Waals surface area contributed by atoms with Gasteiger partial charge in [0, 0.05) is 11.4 Å². The number of rotatable bonds is 4. The zero-order chi connectivity index (χ0) is 14.5. The molecule has 1 aromatic heterocycles. The second kappa shape index (κ2) is 6.89. The van der Waals surface area contributed by atoms with Crippen molar-refractivity contribution in [3.8, 4) is 6.07 Å². The molecule has 108 valence electrons. The van der Waals surface area contributed by atoms with Gasteiger partial charge in [0.05, 0.1) is 12.0 Å². The van der Waals surface area contributed by atoms with Crippen molar-refractivity contribution in [1.29, 1.82) is 5.26 Å². The van der Waals surface area contributed by atoms with Gasteiger partial charge in [0.2, 0.25) is 0 Å². The minimum atomic E-state index is 0.0869. The van der Waals surface area contributed by atoms with Gasteiger partial charge in [0.25, 0.3) is 0 Å². The maximum Gasteiger partial charge on any atom is 0.0835 e. The summed E-state index contributed by atoms with van der Waals surface area (Å²) in [6.45, 7) is 3.23. The van der Waals surface area contributed by atoms with Gasteiger partial charge in [-0.1, -0.05) is 36.4 Å². The van der Waals surface area contributed by atoms with Crippen LogP contribution >= 0.6 is 11.3 Å². The van der Waals surface area contributed by atoms with Crippen LogP contribution in [0.1, 0.15) is 29.2 Å². The maximum absolute atomic E-state index is 9.49. The van der Waals surface area contributed by atoms with Crippen molar-refractivity contribution in [2.24, 2.45) is 5.92 Å². The summed E-state index contributed by atoms with van der Waals surface area (Å²) in [6, 6.07) is 17.3. The van der Waals surface area contributed by atoms with E-state index in [1.807, 2.05) is 0 Å². The lowest BCUT2D eigenvalue weighted by atomic mass is 9.84. The Hall–Kier alpha value is -1.63. The van der Waals surface area contributed by atoms with E-state index in [1.54, 1.807) is 11.3 Å². The third kappa shape index (κ3) is 3.53. The lowest BCUT2D eigenvalue weighted by Gasteiger charge is -2.33. The fraction of sp³-hybridized carbons (Fsp3) is 0.389. The fourth-order valence-electron chi connectivity index (χ4n) is 3.16. The molecular formula is C18H20N2S. The van der Waals surface area contributed by atoms with Gasteiger partial charge in [0.15, 0.2) is 0 Å². The average Bonchev–Trinajstić information content (AvgIpc) is 3.05. The third-order valence-electron chi connectivity index (χ3n) is 4.34. The van der Waals surface area contributed by atoms with Gasteiger partial charge >= 0.3 is 0 Å². The molecule has 0 bridgehead atoms. The molecule has 2 heterocycles. The number of thiophene rings is 1. The van der Waals surface area contributed by atoms with Crippen LogP contribution in [0.25, 0.3) is 0 Å². The molecule has 0 radical (unpaired) electrons. The number of likely N-dealkylation sites (tertiary alicyclic amines) is 1. The van der Waals surface area contributed by atoms with Gasteiger partial charge in [-0.15, -0.1) is 11.3 Å². The van der Waals surface area contributed by atoms with E-state index in [1.165, 1.54) is 10.4 Å². The molecule has 1 saturated heterocycles. The van der Waals surface area contributed by atoms with Gasteiger partial charge in [-0.3, -0.25) is 4.90 Å². The maximum atomic E-state index is 9.49. The van der Waals surface area contributed by atoms with E-state index in [4.69, 9.17) is 0 Å². The second-order valence-electron chi connectivity index (χ2n) is 5.72. The lowest BCUT2D eigenvalue weighted by molar-refractivity contribution is 0.171. The number of hydrogen-bond acceptors (Lipinski definition) is 3. The molecule has 1 unspecified atom stereocenters. The van der Waals surface area contributed by atoms with Crippen LogP contribution in [-0.2, 0) is 6.54 Å². The van der Waals surface area contributed by atoms with Gasteiger partial charge in [-0.25, -0.2) is 0 Å². The van der Waals surface area contributed by atoms with E-state index >= 15 is 0 Å². The Morgan fingerprint density at radius 1 is 1.14 bits per heavy atom. The van der Waals surface area contributed by atoms with Crippen molar-refractivity contribution in [1.82, 2.24) is 4.90 Å². The smallest absolute Gasteiger partial charge is 0.0835 e. The monoisotopic (exact) mass is 296 g/mol. The van der Waals surface area contributed by atoms with Crippen molar-refractivity contribution in [2.45, 2.75) is 25.3 Å². The molecular weight excluding hydrogens is 276 g/mol. The summed E-state index contributed by atoms with van der Waals surface area (Å²) in [5.41, 5.74) is 1.38. The zero-order valence-electron chi connectivity index (χ0n) is 12.1. The first-order valence-electron chi connectivity index (χ1n) is 7.56.